The van der Waals surface area contributed by atoms with E-state index < -0.39 is 23.6 Å². The fraction of sp³-hybridized carbons (Fsp3) is 0.385. The fourth-order valence-corrected chi connectivity index (χ4v) is 3.22. The Hall–Kier alpha value is -2.27. The van der Waals surface area contributed by atoms with Crippen LogP contribution >= 0.6 is 23.1 Å². The predicted octanol–water partition coefficient (Wildman–Crippen LogP) is -0.302. The molecule has 0 spiro atoms. The number of hydrogen-bond acceptors (Lipinski definition) is 8. The molecule has 130 valence electrons. The Kier molecular flexibility index (Phi) is 7.52. The van der Waals surface area contributed by atoms with Crippen LogP contribution in [0.1, 0.15) is 24.5 Å². The molecule has 1 aromatic rings. The summed E-state index contributed by atoms with van der Waals surface area (Å²) in [6.45, 7) is 2.71. The number of nitrogens with two attached hydrogens (primary N) is 1. The third kappa shape index (κ3) is 5.74. The van der Waals surface area contributed by atoms with Crippen LogP contribution in [0.5, 0.6) is 0 Å². The van der Waals surface area contributed by atoms with E-state index in [1.54, 1.807) is 5.38 Å². The minimum absolute atomic E-state index is 0.245. The standard InChI is InChI=1S/C13H17N5O4S2/c1-7(19)18(8(2)20)10(14)13-17-9(6-24-13)5-23-4-3-16-12(22)11(15)21/h6,14H,3-5H2,1-2H3,(H2,15,21)(H,16,22). The van der Waals surface area contributed by atoms with Crippen LogP contribution in [0.3, 0.4) is 0 Å². The average molecular weight is 371 g/mol. The van der Waals surface area contributed by atoms with Gasteiger partial charge in [-0.15, -0.1) is 11.3 Å². The highest BCUT2D eigenvalue weighted by Gasteiger charge is 2.22. The maximum atomic E-state index is 11.4. The van der Waals surface area contributed by atoms with Crippen molar-refractivity contribution in [2.45, 2.75) is 19.6 Å². The number of imide groups is 1. The molecule has 9 nitrogen and oxygen atoms in total. The first-order chi connectivity index (χ1) is 11.2. The molecular formula is C13H17N5O4S2. The molecule has 0 aliphatic carbocycles. The van der Waals surface area contributed by atoms with E-state index in [2.05, 4.69) is 10.3 Å². The second-order valence-electron chi connectivity index (χ2n) is 4.54. The molecule has 11 heteroatoms. The number of carbonyl (C=O) groups excluding carboxylic acids is 4. The lowest BCUT2D eigenvalue weighted by Gasteiger charge is -2.15. The molecule has 0 aliphatic rings. The van der Waals surface area contributed by atoms with Gasteiger partial charge >= 0.3 is 11.8 Å². The van der Waals surface area contributed by atoms with Gasteiger partial charge in [0.25, 0.3) is 0 Å². The first-order valence-corrected chi connectivity index (χ1v) is 8.77. The zero-order valence-corrected chi connectivity index (χ0v) is 14.8. The summed E-state index contributed by atoms with van der Waals surface area (Å²) in [6.07, 6.45) is 0. The van der Waals surface area contributed by atoms with Gasteiger partial charge in [-0.1, -0.05) is 0 Å². The quantitative estimate of drug-likeness (QED) is 0.271. The predicted molar refractivity (Wildman–Crippen MR) is 90.5 cm³/mol. The van der Waals surface area contributed by atoms with Crippen LogP contribution in [0.2, 0.25) is 0 Å². The van der Waals surface area contributed by atoms with Crippen molar-refractivity contribution < 1.29 is 19.2 Å². The van der Waals surface area contributed by atoms with Crippen molar-refractivity contribution in [1.82, 2.24) is 15.2 Å². The third-order valence-corrected chi connectivity index (χ3v) is 4.50. The van der Waals surface area contributed by atoms with Crippen molar-refractivity contribution >= 4 is 52.6 Å². The van der Waals surface area contributed by atoms with E-state index in [4.69, 9.17) is 11.1 Å². The van der Waals surface area contributed by atoms with Crippen molar-refractivity contribution in [2.75, 3.05) is 12.3 Å². The Morgan fingerprint density at radius 1 is 1.33 bits per heavy atom. The molecule has 24 heavy (non-hydrogen) atoms. The van der Waals surface area contributed by atoms with Gasteiger partial charge in [0.05, 0.1) is 5.69 Å². The molecule has 0 bridgehead atoms. The van der Waals surface area contributed by atoms with Crippen LogP contribution in [0.15, 0.2) is 5.38 Å². The SMILES string of the molecule is CC(=O)N(C(=N)c1nc(CSCCNC(=O)C(N)=O)cs1)C(C)=O. The lowest BCUT2D eigenvalue weighted by Crippen LogP contribution is -2.38. The molecule has 1 aromatic heterocycles. The van der Waals surface area contributed by atoms with E-state index in [0.29, 0.717) is 23.7 Å². The number of primary amides is 1. The van der Waals surface area contributed by atoms with Crippen LogP contribution in [-0.2, 0) is 24.9 Å². The zero-order valence-electron chi connectivity index (χ0n) is 13.1. The second-order valence-corrected chi connectivity index (χ2v) is 6.50. The molecule has 0 aromatic carbocycles. The van der Waals surface area contributed by atoms with Gasteiger partial charge in [-0.25, -0.2) is 9.88 Å². The largest absolute Gasteiger partial charge is 0.361 e. The van der Waals surface area contributed by atoms with Gasteiger partial charge in [0, 0.05) is 37.3 Å². The van der Waals surface area contributed by atoms with Crippen molar-refractivity contribution in [3.8, 4) is 0 Å². The molecule has 1 heterocycles. The third-order valence-electron chi connectivity index (χ3n) is 2.61. The molecule has 0 saturated carbocycles. The van der Waals surface area contributed by atoms with Crippen LogP contribution < -0.4 is 11.1 Å². The van der Waals surface area contributed by atoms with Crippen LogP contribution in [0, 0.1) is 5.41 Å². The Morgan fingerprint density at radius 3 is 2.50 bits per heavy atom. The number of amides is 4. The molecule has 0 atom stereocenters. The average Bonchev–Trinajstić information content (AvgIpc) is 2.94. The number of amidine groups is 1. The summed E-state index contributed by atoms with van der Waals surface area (Å²) < 4.78 is 0. The van der Waals surface area contributed by atoms with Gasteiger partial charge in [-0.05, 0) is 0 Å². The highest BCUT2D eigenvalue weighted by atomic mass is 32.2. The van der Waals surface area contributed by atoms with E-state index >= 15 is 0 Å². The molecule has 0 unspecified atom stereocenters. The van der Waals surface area contributed by atoms with E-state index in [-0.39, 0.29) is 10.8 Å². The summed E-state index contributed by atoms with van der Waals surface area (Å²) in [4.78, 5) is 49.3. The maximum Gasteiger partial charge on any atom is 0.309 e. The van der Waals surface area contributed by atoms with Gasteiger partial charge in [-0.2, -0.15) is 11.8 Å². The number of nitrogens with one attached hydrogen (secondary N) is 2. The molecule has 1 rings (SSSR count). The Labute approximate surface area is 146 Å². The summed E-state index contributed by atoms with van der Waals surface area (Å²) in [5.74, 6) is -2.10. The van der Waals surface area contributed by atoms with Crippen molar-refractivity contribution in [3.05, 3.63) is 16.1 Å². The number of carbonyl (C=O) groups is 4. The number of aromatic nitrogens is 1. The van der Waals surface area contributed by atoms with Crippen molar-refractivity contribution in [3.63, 3.8) is 0 Å². The Morgan fingerprint density at radius 2 is 1.96 bits per heavy atom. The van der Waals surface area contributed by atoms with Crippen molar-refractivity contribution in [1.29, 1.82) is 5.41 Å². The van der Waals surface area contributed by atoms with Crippen LogP contribution in [0.25, 0.3) is 0 Å². The van der Waals surface area contributed by atoms with E-state index in [0.717, 1.165) is 4.90 Å². The first kappa shape index (κ1) is 19.8. The fourth-order valence-electron chi connectivity index (χ4n) is 1.61. The zero-order chi connectivity index (χ0) is 18.3. The topological polar surface area (TPSA) is 146 Å². The molecule has 0 fully saturated rings. The molecular weight excluding hydrogens is 354 g/mol. The molecule has 0 aliphatic heterocycles. The summed E-state index contributed by atoms with van der Waals surface area (Å²) in [6, 6.07) is 0. The van der Waals surface area contributed by atoms with E-state index in [9.17, 15) is 19.2 Å². The molecule has 4 N–H and O–H groups in total. The first-order valence-electron chi connectivity index (χ1n) is 6.74. The summed E-state index contributed by atoms with van der Waals surface area (Å²) in [7, 11) is 0. The summed E-state index contributed by atoms with van der Waals surface area (Å²) >= 11 is 2.63. The van der Waals surface area contributed by atoms with E-state index in [1.165, 1.54) is 36.9 Å². The number of hydrogen-bond donors (Lipinski definition) is 3. The lowest BCUT2D eigenvalue weighted by molar-refractivity contribution is -0.137. The molecule has 0 radical (unpaired) electrons. The highest BCUT2D eigenvalue weighted by molar-refractivity contribution is 7.98. The minimum Gasteiger partial charge on any atom is -0.361 e. The van der Waals surface area contributed by atoms with Crippen molar-refractivity contribution in [2.24, 2.45) is 5.73 Å². The van der Waals surface area contributed by atoms with E-state index in [1.807, 2.05) is 0 Å². The number of nitrogens with zero attached hydrogens (tertiary/aromatic N) is 2. The number of thiazole rings is 1. The normalized spacial score (nSPS) is 10.1. The van der Waals surface area contributed by atoms with Gasteiger partial charge in [-0.3, -0.25) is 24.6 Å². The maximum absolute atomic E-state index is 11.4. The Balaban J connectivity index is 2.50. The van der Waals surface area contributed by atoms with Gasteiger partial charge in [0.15, 0.2) is 10.8 Å². The van der Waals surface area contributed by atoms with Gasteiger partial charge in [0.1, 0.15) is 0 Å². The number of rotatable bonds is 6. The smallest absolute Gasteiger partial charge is 0.309 e. The van der Waals surface area contributed by atoms with Gasteiger partial charge in [0.2, 0.25) is 11.8 Å². The van der Waals surface area contributed by atoms with Crippen LogP contribution in [0.4, 0.5) is 0 Å². The Bertz CT molecular complexity index is 659. The molecule has 0 saturated heterocycles. The van der Waals surface area contributed by atoms with Gasteiger partial charge < -0.3 is 11.1 Å². The van der Waals surface area contributed by atoms with Crippen LogP contribution in [-0.4, -0.2) is 51.6 Å². The highest BCUT2D eigenvalue weighted by Crippen LogP contribution is 2.17. The monoisotopic (exact) mass is 371 g/mol. The number of thioether (sulfide) groups is 1. The summed E-state index contributed by atoms with van der Waals surface area (Å²) in [5, 5.41) is 12.3. The lowest BCUT2D eigenvalue weighted by atomic mass is 10.4. The second kappa shape index (κ2) is 9.13. The molecule has 4 amide bonds. The summed E-state index contributed by atoms with van der Waals surface area (Å²) in [5.41, 5.74) is 5.49. The minimum atomic E-state index is -1.02.